The van der Waals surface area contributed by atoms with Gasteiger partial charge in [-0.25, -0.2) is 13.6 Å². The van der Waals surface area contributed by atoms with Gasteiger partial charge in [0.05, 0.1) is 6.42 Å². The molecule has 2 unspecified atom stereocenters. The first-order valence-corrected chi connectivity index (χ1v) is 5.61. The van der Waals surface area contributed by atoms with Crippen molar-refractivity contribution in [3.05, 3.63) is 29.6 Å². The van der Waals surface area contributed by atoms with Crippen LogP contribution in [0.2, 0.25) is 0 Å². The number of aliphatic hydroxyl groups excluding tert-OH is 1. The van der Waals surface area contributed by atoms with E-state index in [1.165, 1.54) is 12.1 Å². The summed E-state index contributed by atoms with van der Waals surface area (Å²) in [6, 6.07) is 4.25. The van der Waals surface area contributed by atoms with E-state index in [9.17, 15) is 18.4 Å². The van der Waals surface area contributed by atoms with E-state index in [0.717, 1.165) is 5.56 Å². The lowest BCUT2D eigenvalue weighted by Crippen LogP contribution is -2.22. The van der Waals surface area contributed by atoms with Crippen LogP contribution in [-0.2, 0) is 16.0 Å². The summed E-state index contributed by atoms with van der Waals surface area (Å²) in [5.41, 5.74) is 1.43. The van der Waals surface area contributed by atoms with Crippen LogP contribution in [0.3, 0.4) is 0 Å². The molecule has 0 amide bonds. The van der Waals surface area contributed by atoms with Crippen molar-refractivity contribution in [1.82, 2.24) is 0 Å². The van der Waals surface area contributed by atoms with E-state index in [0.29, 0.717) is 5.69 Å². The minimum atomic E-state index is -1.79. The van der Waals surface area contributed by atoms with Crippen molar-refractivity contribution in [2.24, 2.45) is 0 Å². The Hall–Kier alpha value is -2.22. The molecule has 0 aliphatic carbocycles. The minimum absolute atomic E-state index is 0.271. The van der Waals surface area contributed by atoms with Crippen molar-refractivity contribution >= 4 is 17.6 Å². The molecule has 0 radical (unpaired) electrons. The second-order valence-corrected chi connectivity index (χ2v) is 4.07. The highest BCUT2D eigenvalue weighted by Gasteiger charge is 2.19. The summed E-state index contributed by atoms with van der Waals surface area (Å²) in [7, 11) is 0. The number of halogens is 2. The summed E-state index contributed by atoms with van der Waals surface area (Å²) in [4.78, 5) is 19.4. The largest absolute Gasteiger partial charge is 0.481 e. The van der Waals surface area contributed by atoms with Crippen LogP contribution in [0.1, 0.15) is 12.0 Å². The highest BCUT2D eigenvalue weighted by atomic mass is 19.1. The topological polar surface area (TPSA) is 107 Å². The molecule has 0 spiro atoms. The Labute approximate surface area is 112 Å². The molecular weight excluding hydrogens is 276 g/mol. The number of carboxylic acid groups (broad SMARTS) is 2. The molecule has 1 aliphatic rings. The maximum absolute atomic E-state index is 12.6. The number of rotatable bonds is 3. The summed E-state index contributed by atoms with van der Waals surface area (Å²) in [6.07, 6.45) is -3.32. The summed E-state index contributed by atoms with van der Waals surface area (Å²) in [5, 5.41) is 26.7. The molecule has 1 aliphatic heterocycles. The number of nitrogens with one attached hydrogen (secondary N) is 1. The summed E-state index contributed by atoms with van der Waals surface area (Å²) >= 11 is 0. The van der Waals surface area contributed by atoms with Crippen LogP contribution in [0.15, 0.2) is 18.2 Å². The zero-order valence-electron chi connectivity index (χ0n) is 10.2. The minimum Gasteiger partial charge on any atom is -0.481 e. The number of carboxylic acids is 2. The third kappa shape index (κ3) is 4.81. The third-order valence-corrected chi connectivity index (χ3v) is 2.43. The van der Waals surface area contributed by atoms with Crippen LogP contribution in [0.5, 0.6) is 0 Å². The molecule has 20 heavy (non-hydrogen) atoms. The fourth-order valence-electron chi connectivity index (χ4n) is 1.54. The maximum atomic E-state index is 12.6. The molecule has 8 heteroatoms. The molecule has 1 heterocycles. The molecule has 0 fully saturated rings. The van der Waals surface area contributed by atoms with E-state index in [1.807, 2.05) is 0 Å². The monoisotopic (exact) mass is 289 g/mol. The molecule has 0 bridgehead atoms. The van der Waals surface area contributed by atoms with Crippen LogP contribution in [0.25, 0.3) is 0 Å². The van der Waals surface area contributed by atoms with Crippen LogP contribution in [0.4, 0.5) is 14.5 Å². The van der Waals surface area contributed by atoms with Gasteiger partial charge in [0, 0.05) is 12.1 Å². The Morgan fingerprint density at radius 3 is 2.55 bits per heavy atom. The van der Waals surface area contributed by atoms with Crippen molar-refractivity contribution in [2.45, 2.75) is 25.2 Å². The Balaban J connectivity index is 0.000000206. The summed E-state index contributed by atoms with van der Waals surface area (Å²) in [6.45, 7) is 0. The normalized spacial score (nSPS) is 17.2. The van der Waals surface area contributed by atoms with Gasteiger partial charge in [-0.3, -0.25) is 4.79 Å². The van der Waals surface area contributed by atoms with Crippen LogP contribution in [0, 0.1) is 5.82 Å². The molecule has 6 nitrogen and oxygen atoms in total. The predicted molar refractivity (Wildman–Crippen MR) is 64.5 cm³/mol. The van der Waals surface area contributed by atoms with Crippen molar-refractivity contribution in [3.8, 4) is 0 Å². The molecule has 0 aromatic heterocycles. The fourth-order valence-corrected chi connectivity index (χ4v) is 1.54. The van der Waals surface area contributed by atoms with Gasteiger partial charge in [-0.1, -0.05) is 0 Å². The van der Waals surface area contributed by atoms with Crippen molar-refractivity contribution in [3.63, 3.8) is 0 Å². The number of aliphatic carboxylic acids is 2. The smallest absolute Gasteiger partial charge is 0.333 e. The summed E-state index contributed by atoms with van der Waals surface area (Å²) < 4.78 is 25.2. The molecule has 1 aromatic carbocycles. The van der Waals surface area contributed by atoms with E-state index in [4.69, 9.17) is 15.3 Å². The lowest BCUT2D eigenvalue weighted by atomic mass is 10.2. The number of alkyl halides is 1. The third-order valence-electron chi connectivity index (χ3n) is 2.43. The first-order chi connectivity index (χ1) is 9.29. The number of hydrogen-bond acceptors (Lipinski definition) is 4. The number of hydrogen-bond donors (Lipinski definition) is 4. The Morgan fingerprint density at radius 2 is 2.05 bits per heavy atom. The number of carbonyl (C=O) groups is 2. The van der Waals surface area contributed by atoms with Gasteiger partial charge in [-0.15, -0.1) is 0 Å². The molecular formula is C12H13F2NO5. The molecule has 2 atom stereocenters. The quantitative estimate of drug-likeness (QED) is 0.618. The number of benzene rings is 1. The van der Waals surface area contributed by atoms with Gasteiger partial charge in [-0.2, -0.15) is 0 Å². The average Bonchev–Trinajstić information content (AvgIpc) is 2.68. The molecule has 0 saturated carbocycles. The van der Waals surface area contributed by atoms with E-state index in [1.54, 1.807) is 6.07 Å². The van der Waals surface area contributed by atoms with Gasteiger partial charge in [0.15, 0.2) is 12.4 Å². The second kappa shape index (κ2) is 6.80. The highest BCUT2D eigenvalue weighted by Crippen LogP contribution is 2.26. The van der Waals surface area contributed by atoms with Gasteiger partial charge in [-0.05, 0) is 23.8 Å². The van der Waals surface area contributed by atoms with Gasteiger partial charge < -0.3 is 20.6 Å². The van der Waals surface area contributed by atoms with E-state index < -0.39 is 30.8 Å². The van der Waals surface area contributed by atoms with Gasteiger partial charge in [0.25, 0.3) is 0 Å². The average molecular weight is 289 g/mol. The lowest BCUT2D eigenvalue weighted by molar-refractivity contribution is -0.152. The lowest BCUT2D eigenvalue weighted by Gasteiger charge is -1.97. The van der Waals surface area contributed by atoms with Crippen molar-refractivity contribution in [1.29, 1.82) is 0 Å². The predicted octanol–water partition coefficient (Wildman–Crippen LogP) is 0.996. The molecule has 1 aromatic rings. The summed E-state index contributed by atoms with van der Waals surface area (Å²) in [5.74, 6) is -3.15. The Kier molecular flexibility index (Phi) is 5.39. The van der Waals surface area contributed by atoms with Crippen LogP contribution in [-0.4, -0.2) is 39.7 Å². The first kappa shape index (κ1) is 15.8. The van der Waals surface area contributed by atoms with E-state index in [-0.39, 0.29) is 12.2 Å². The SMILES string of the molecule is Fc1ccc2c(c1)CC(F)N2.O=C(O)CC(O)C(=O)O. The van der Waals surface area contributed by atoms with E-state index >= 15 is 0 Å². The van der Waals surface area contributed by atoms with Gasteiger partial charge in [0.2, 0.25) is 0 Å². The molecule has 0 saturated heterocycles. The number of aliphatic hydroxyl groups is 1. The van der Waals surface area contributed by atoms with Crippen LogP contribution >= 0.6 is 0 Å². The first-order valence-electron chi connectivity index (χ1n) is 5.61. The van der Waals surface area contributed by atoms with Crippen molar-refractivity contribution < 1.29 is 33.7 Å². The Morgan fingerprint density at radius 1 is 1.40 bits per heavy atom. The standard InChI is InChI=1S/C8H7F2N.C4H6O5/c9-6-1-2-7-5(3-6)4-8(10)11-7;5-2(4(8)9)1-3(6)7/h1-3,8,11H,4H2;2,5H,1H2,(H,6,7)(H,8,9). The zero-order valence-corrected chi connectivity index (χ0v) is 10.2. The molecule has 110 valence electrons. The number of anilines is 1. The van der Waals surface area contributed by atoms with E-state index in [2.05, 4.69) is 5.32 Å². The molecule has 4 N–H and O–H groups in total. The molecule has 2 rings (SSSR count). The highest BCUT2D eigenvalue weighted by molar-refractivity contribution is 5.79. The second-order valence-electron chi connectivity index (χ2n) is 4.07. The number of fused-ring (bicyclic) bond motifs is 1. The fraction of sp³-hybridized carbons (Fsp3) is 0.333. The van der Waals surface area contributed by atoms with Gasteiger partial charge in [0.1, 0.15) is 5.82 Å². The zero-order chi connectivity index (χ0) is 15.3. The van der Waals surface area contributed by atoms with Crippen molar-refractivity contribution in [2.75, 3.05) is 5.32 Å². The maximum Gasteiger partial charge on any atom is 0.333 e. The van der Waals surface area contributed by atoms with Crippen LogP contribution < -0.4 is 5.32 Å². The Bertz CT molecular complexity index is 509. The van der Waals surface area contributed by atoms with Gasteiger partial charge >= 0.3 is 11.9 Å².